The molecular formula is C26H33NO6. The van der Waals surface area contributed by atoms with Crippen LogP contribution in [0.5, 0.6) is 17.2 Å². The minimum Gasteiger partial charge on any atom is -0.493 e. The Morgan fingerprint density at radius 2 is 1.73 bits per heavy atom. The zero-order chi connectivity index (χ0) is 24.2. The third-order valence-electron chi connectivity index (χ3n) is 5.86. The maximum absolute atomic E-state index is 12.5. The monoisotopic (exact) mass is 455 g/mol. The minimum absolute atomic E-state index is 0.0682. The van der Waals surface area contributed by atoms with Crippen molar-refractivity contribution in [2.75, 3.05) is 20.8 Å². The van der Waals surface area contributed by atoms with Gasteiger partial charge >= 0.3 is 5.97 Å². The lowest BCUT2D eigenvalue weighted by Gasteiger charge is -2.28. The van der Waals surface area contributed by atoms with Gasteiger partial charge in [0.05, 0.1) is 20.1 Å². The smallest absolute Gasteiger partial charge is 0.309 e. The molecule has 0 aromatic heterocycles. The van der Waals surface area contributed by atoms with E-state index in [1.165, 1.54) is 0 Å². The molecule has 178 valence electrons. The van der Waals surface area contributed by atoms with Crippen LogP contribution in [0, 0.1) is 5.92 Å². The van der Waals surface area contributed by atoms with E-state index in [-0.39, 0.29) is 24.4 Å². The molecule has 1 aliphatic rings. The first-order chi connectivity index (χ1) is 15.7. The number of hydrogen-bond acceptors (Lipinski definition) is 6. The standard InChI is InChI=1S/C26H33NO6/c1-7-16(8-2)25(29)33-26(3,4)15-32-22-19(11-12-21(30-5)23(22)31-6)17-9-10-20-18(13-17)14-27-24(20)28/h9-13,16H,7-8,14-15H2,1-6H3,(H,27,28). The number of fused-ring (bicyclic) bond motifs is 1. The zero-order valence-corrected chi connectivity index (χ0v) is 20.2. The van der Waals surface area contributed by atoms with Crippen molar-refractivity contribution in [3.05, 3.63) is 41.5 Å². The van der Waals surface area contributed by atoms with Crippen LogP contribution in [0.15, 0.2) is 30.3 Å². The van der Waals surface area contributed by atoms with Gasteiger partial charge in [-0.1, -0.05) is 19.9 Å². The number of rotatable bonds is 10. The molecule has 0 fully saturated rings. The third-order valence-corrected chi connectivity index (χ3v) is 5.86. The topological polar surface area (TPSA) is 83.1 Å². The molecular weight excluding hydrogens is 422 g/mol. The molecule has 7 heteroatoms. The molecule has 0 atom stereocenters. The van der Waals surface area contributed by atoms with Crippen molar-refractivity contribution in [2.45, 2.75) is 52.7 Å². The van der Waals surface area contributed by atoms with Crippen molar-refractivity contribution in [1.82, 2.24) is 5.32 Å². The van der Waals surface area contributed by atoms with Gasteiger partial charge < -0.3 is 24.3 Å². The summed E-state index contributed by atoms with van der Waals surface area (Å²) in [6, 6.07) is 9.38. The van der Waals surface area contributed by atoms with Crippen molar-refractivity contribution in [1.29, 1.82) is 0 Å². The lowest BCUT2D eigenvalue weighted by molar-refractivity contribution is -0.164. The molecule has 2 aromatic rings. The third kappa shape index (κ3) is 5.24. The van der Waals surface area contributed by atoms with E-state index < -0.39 is 5.60 Å². The van der Waals surface area contributed by atoms with E-state index in [1.807, 2.05) is 58.0 Å². The number of carbonyl (C=O) groups is 2. The van der Waals surface area contributed by atoms with Gasteiger partial charge in [-0.2, -0.15) is 0 Å². The summed E-state index contributed by atoms with van der Waals surface area (Å²) in [5.41, 5.74) is 2.43. The second-order valence-corrected chi connectivity index (χ2v) is 8.72. The number of amides is 1. The van der Waals surface area contributed by atoms with Gasteiger partial charge in [0.1, 0.15) is 12.2 Å². The molecule has 0 radical (unpaired) electrons. The van der Waals surface area contributed by atoms with Crippen molar-refractivity contribution in [2.24, 2.45) is 5.92 Å². The molecule has 1 N–H and O–H groups in total. The first-order valence-corrected chi connectivity index (χ1v) is 11.3. The van der Waals surface area contributed by atoms with E-state index in [9.17, 15) is 9.59 Å². The lowest BCUT2D eigenvalue weighted by Crippen LogP contribution is -2.37. The molecule has 2 aromatic carbocycles. The van der Waals surface area contributed by atoms with Crippen LogP contribution in [-0.4, -0.2) is 38.3 Å². The Kier molecular flexibility index (Phi) is 7.51. The quantitative estimate of drug-likeness (QED) is 0.521. The van der Waals surface area contributed by atoms with Gasteiger partial charge in [0.25, 0.3) is 5.91 Å². The fourth-order valence-electron chi connectivity index (χ4n) is 3.92. The van der Waals surface area contributed by atoms with Gasteiger partial charge in [-0.15, -0.1) is 0 Å². The molecule has 0 saturated heterocycles. The van der Waals surface area contributed by atoms with E-state index in [0.717, 1.165) is 29.5 Å². The van der Waals surface area contributed by atoms with Gasteiger partial charge in [0.2, 0.25) is 5.75 Å². The highest BCUT2D eigenvalue weighted by Gasteiger charge is 2.29. The lowest BCUT2D eigenvalue weighted by atomic mass is 9.99. The summed E-state index contributed by atoms with van der Waals surface area (Å²) in [6.07, 6.45) is 1.46. The Labute approximate surface area is 195 Å². The van der Waals surface area contributed by atoms with Gasteiger partial charge in [0.15, 0.2) is 11.5 Å². The molecule has 7 nitrogen and oxygen atoms in total. The Morgan fingerprint density at radius 1 is 1.03 bits per heavy atom. The molecule has 0 spiro atoms. The largest absolute Gasteiger partial charge is 0.493 e. The van der Waals surface area contributed by atoms with E-state index in [4.69, 9.17) is 18.9 Å². The normalized spacial score (nSPS) is 12.9. The van der Waals surface area contributed by atoms with E-state index in [2.05, 4.69) is 5.32 Å². The fraction of sp³-hybridized carbons (Fsp3) is 0.462. The van der Waals surface area contributed by atoms with Crippen LogP contribution in [0.1, 0.15) is 56.5 Å². The molecule has 3 rings (SSSR count). The Hall–Kier alpha value is -3.22. The van der Waals surface area contributed by atoms with Crippen LogP contribution in [0.25, 0.3) is 11.1 Å². The molecule has 1 amide bonds. The molecule has 0 bridgehead atoms. The average molecular weight is 456 g/mol. The highest BCUT2D eigenvalue weighted by molar-refractivity contribution is 5.99. The first-order valence-electron chi connectivity index (χ1n) is 11.3. The number of ether oxygens (including phenoxy) is 4. The predicted molar refractivity (Wildman–Crippen MR) is 126 cm³/mol. The summed E-state index contributed by atoms with van der Waals surface area (Å²) < 4.78 is 23.1. The molecule has 0 saturated carbocycles. The van der Waals surface area contributed by atoms with Crippen LogP contribution in [-0.2, 0) is 16.1 Å². The summed E-state index contributed by atoms with van der Waals surface area (Å²) in [7, 11) is 3.12. The number of benzene rings is 2. The van der Waals surface area contributed by atoms with Gasteiger partial charge in [-0.05, 0) is 62.1 Å². The van der Waals surface area contributed by atoms with E-state index >= 15 is 0 Å². The second kappa shape index (κ2) is 10.1. The van der Waals surface area contributed by atoms with Crippen LogP contribution in [0.4, 0.5) is 0 Å². The van der Waals surface area contributed by atoms with Crippen molar-refractivity contribution in [3.63, 3.8) is 0 Å². The van der Waals surface area contributed by atoms with Crippen molar-refractivity contribution in [3.8, 4) is 28.4 Å². The Morgan fingerprint density at radius 3 is 2.36 bits per heavy atom. The Bertz CT molecular complexity index is 1030. The molecule has 1 heterocycles. The van der Waals surface area contributed by atoms with Crippen LogP contribution < -0.4 is 19.5 Å². The van der Waals surface area contributed by atoms with Gasteiger partial charge in [-0.25, -0.2) is 0 Å². The minimum atomic E-state index is -0.848. The highest BCUT2D eigenvalue weighted by Crippen LogP contribution is 2.45. The summed E-state index contributed by atoms with van der Waals surface area (Å²) in [4.78, 5) is 24.5. The van der Waals surface area contributed by atoms with Crippen molar-refractivity contribution >= 4 is 11.9 Å². The van der Waals surface area contributed by atoms with Crippen LogP contribution in [0.2, 0.25) is 0 Å². The maximum Gasteiger partial charge on any atom is 0.309 e. The summed E-state index contributed by atoms with van der Waals surface area (Å²) >= 11 is 0. The first kappa shape index (κ1) is 24.4. The van der Waals surface area contributed by atoms with Crippen LogP contribution >= 0.6 is 0 Å². The molecule has 1 aliphatic heterocycles. The fourth-order valence-corrected chi connectivity index (χ4v) is 3.92. The average Bonchev–Trinajstić information content (AvgIpc) is 3.17. The second-order valence-electron chi connectivity index (χ2n) is 8.72. The molecule has 0 aliphatic carbocycles. The predicted octanol–water partition coefficient (Wildman–Crippen LogP) is 4.75. The number of nitrogens with one attached hydrogen (secondary N) is 1. The number of methoxy groups -OCH3 is 2. The van der Waals surface area contributed by atoms with Gasteiger partial charge in [0, 0.05) is 17.7 Å². The molecule has 0 unspecified atom stereocenters. The molecule has 33 heavy (non-hydrogen) atoms. The van der Waals surface area contributed by atoms with Crippen molar-refractivity contribution < 1.29 is 28.5 Å². The highest BCUT2D eigenvalue weighted by atomic mass is 16.6. The zero-order valence-electron chi connectivity index (χ0n) is 20.2. The summed E-state index contributed by atoms with van der Waals surface area (Å²) in [6.45, 7) is 8.22. The van der Waals surface area contributed by atoms with Crippen LogP contribution in [0.3, 0.4) is 0 Å². The Balaban J connectivity index is 1.93. The summed E-state index contributed by atoms with van der Waals surface area (Å²) in [5, 5.41) is 2.84. The number of carbonyl (C=O) groups excluding carboxylic acids is 2. The van der Waals surface area contributed by atoms with E-state index in [0.29, 0.717) is 29.4 Å². The van der Waals surface area contributed by atoms with E-state index in [1.54, 1.807) is 14.2 Å². The number of hydrogen-bond donors (Lipinski definition) is 1. The van der Waals surface area contributed by atoms with Gasteiger partial charge in [-0.3, -0.25) is 9.59 Å². The SMILES string of the molecule is CCC(CC)C(=O)OC(C)(C)COc1c(-c2ccc3c(c2)CNC3=O)ccc(OC)c1OC. The number of esters is 1. The maximum atomic E-state index is 12.5. The summed E-state index contributed by atoms with van der Waals surface area (Å²) in [5.74, 6) is 1.05.